The third-order valence-electron chi connectivity index (χ3n) is 4.97. The van der Waals surface area contributed by atoms with Crippen molar-refractivity contribution in [2.45, 2.75) is 45.1 Å². The molecule has 0 aliphatic carbocycles. The molecule has 1 amide bonds. The number of amides is 1. The van der Waals surface area contributed by atoms with Gasteiger partial charge in [0.25, 0.3) is 0 Å². The lowest BCUT2D eigenvalue weighted by atomic mass is 9.95. The number of halogens is 1. The molecule has 1 heterocycles. The summed E-state index contributed by atoms with van der Waals surface area (Å²) in [5, 5.41) is 12.5. The highest BCUT2D eigenvalue weighted by atomic mass is 35.5. The Hall–Kier alpha value is -2.31. The van der Waals surface area contributed by atoms with E-state index >= 15 is 0 Å². The molecule has 158 valence electrons. The summed E-state index contributed by atoms with van der Waals surface area (Å²) >= 11 is 7.56. The van der Waals surface area contributed by atoms with Crippen LogP contribution in [0.15, 0.2) is 53.7 Å². The molecule has 0 bridgehead atoms. The van der Waals surface area contributed by atoms with Crippen molar-refractivity contribution in [1.29, 1.82) is 0 Å². The highest BCUT2D eigenvalue weighted by Gasteiger charge is 2.27. The molecule has 1 aromatic heterocycles. The molecular weight excluding hydrogens is 416 g/mol. The predicted molar refractivity (Wildman–Crippen MR) is 123 cm³/mol. The van der Waals surface area contributed by atoms with Gasteiger partial charge in [-0.05, 0) is 51.0 Å². The molecule has 3 rings (SSSR count). The van der Waals surface area contributed by atoms with E-state index in [0.717, 1.165) is 16.6 Å². The topological polar surface area (TPSA) is 59.8 Å². The van der Waals surface area contributed by atoms with Gasteiger partial charge in [0.15, 0.2) is 11.0 Å². The minimum Gasteiger partial charge on any atom is -0.348 e. The highest BCUT2D eigenvalue weighted by Crippen LogP contribution is 2.27. The first-order chi connectivity index (χ1) is 14.3. The van der Waals surface area contributed by atoms with E-state index in [0.29, 0.717) is 5.82 Å². The number of benzene rings is 2. The fourth-order valence-electron chi connectivity index (χ4n) is 2.84. The second kappa shape index (κ2) is 9.67. The van der Waals surface area contributed by atoms with Crippen molar-refractivity contribution in [1.82, 2.24) is 20.1 Å². The predicted octanol–water partition coefficient (Wildman–Crippen LogP) is 5.06. The van der Waals surface area contributed by atoms with Crippen LogP contribution in [-0.2, 0) is 17.1 Å². The van der Waals surface area contributed by atoms with Gasteiger partial charge in [0, 0.05) is 17.3 Å². The van der Waals surface area contributed by atoms with Gasteiger partial charge in [0.05, 0.1) is 12.0 Å². The number of carbonyl (C=O) groups excluding carboxylic acids is 1. The highest BCUT2D eigenvalue weighted by molar-refractivity contribution is 7.98. The van der Waals surface area contributed by atoms with Crippen LogP contribution >= 0.6 is 23.4 Å². The van der Waals surface area contributed by atoms with Crippen LogP contribution in [0.25, 0.3) is 5.69 Å². The Morgan fingerprint density at radius 3 is 2.47 bits per heavy atom. The Labute approximate surface area is 187 Å². The van der Waals surface area contributed by atoms with Crippen LogP contribution in [0.3, 0.4) is 0 Å². The SMILES string of the molecule is Cc1ccc(-n2c(CNC(=O)C(C)(C)CCl)nnc2SCc2ccccc2C)cc1. The number of carbonyl (C=O) groups is 1. The maximum Gasteiger partial charge on any atom is 0.227 e. The Morgan fingerprint density at radius 2 is 1.80 bits per heavy atom. The van der Waals surface area contributed by atoms with Crippen LogP contribution in [-0.4, -0.2) is 26.6 Å². The Balaban J connectivity index is 1.86. The zero-order chi connectivity index (χ0) is 21.7. The number of rotatable bonds is 8. The lowest BCUT2D eigenvalue weighted by Crippen LogP contribution is -2.38. The van der Waals surface area contributed by atoms with E-state index in [4.69, 9.17) is 11.6 Å². The molecule has 0 spiro atoms. The number of hydrogen-bond donors (Lipinski definition) is 1. The second-order valence-corrected chi connectivity index (χ2v) is 9.19. The quantitative estimate of drug-likeness (QED) is 0.391. The van der Waals surface area contributed by atoms with Crippen molar-refractivity contribution in [3.05, 3.63) is 71.0 Å². The van der Waals surface area contributed by atoms with Gasteiger partial charge in [-0.2, -0.15) is 0 Å². The molecule has 0 saturated heterocycles. The third-order valence-corrected chi connectivity index (χ3v) is 6.61. The van der Waals surface area contributed by atoms with Gasteiger partial charge in [-0.15, -0.1) is 21.8 Å². The average Bonchev–Trinajstić information content (AvgIpc) is 3.14. The number of aromatic nitrogens is 3. The molecule has 5 nitrogen and oxygen atoms in total. The molecule has 2 aromatic carbocycles. The molecule has 0 radical (unpaired) electrons. The molecule has 0 aliphatic rings. The normalized spacial score (nSPS) is 11.5. The van der Waals surface area contributed by atoms with Gasteiger partial charge >= 0.3 is 0 Å². The number of aryl methyl sites for hydroxylation is 2. The Morgan fingerprint density at radius 1 is 1.10 bits per heavy atom. The molecule has 0 fully saturated rings. The first kappa shape index (κ1) is 22.4. The van der Waals surface area contributed by atoms with Crippen molar-refractivity contribution in [3.63, 3.8) is 0 Å². The summed E-state index contributed by atoms with van der Waals surface area (Å²) in [4.78, 5) is 12.5. The standard InChI is InChI=1S/C23H27ClN4OS/c1-16-9-11-19(12-10-16)28-20(13-25-21(29)23(3,4)15-24)26-27-22(28)30-14-18-8-6-5-7-17(18)2/h5-12H,13-15H2,1-4H3,(H,25,29). The number of hydrogen-bond acceptors (Lipinski definition) is 4. The zero-order valence-corrected chi connectivity index (χ0v) is 19.3. The van der Waals surface area contributed by atoms with Crippen molar-refractivity contribution >= 4 is 29.3 Å². The van der Waals surface area contributed by atoms with E-state index in [2.05, 4.69) is 53.6 Å². The molecule has 0 saturated carbocycles. The fraction of sp³-hybridized carbons (Fsp3) is 0.348. The summed E-state index contributed by atoms with van der Waals surface area (Å²) in [7, 11) is 0. The van der Waals surface area contributed by atoms with Crippen LogP contribution < -0.4 is 5.32 Å². The summed E-state index contributed by atoms with van der Waals surface area (Å²) in [5.74, 6) is 1.62. The largest absolute Gasteiger partial charge is 0.348 e. The summed E-state index contributed by atoms with van der Waals surface area (Å²) in [6, 6.07) is 16.5. The fourth-order valence-corrected chi connectivity index (χ4v) is 4.00. The molecule has 1 N–H and O–H groups in total. The minimum absolute atomic E-state index is 0.106. The van der Waals surface area contributed by atoms with Gasteiger partial charge in [-0.1, -0.05) is 53.7 Å². The summed E-state index contributed by atoms with van der Waals surface area (Å²) < 4.78 is 2.01. The first-order valence-electron chi connectivity index (χ1n) is 9.85. The summed E-state index contributed by atoms with van der Waals surface area (Å²) in [6.07, 6.45) is 0. The Kier molecular flexibility index (Phi) is 7.21. The number of nitrogens with one attached hydrogen (secondary N) is 1. The van der Waals surface area contributed by atoms with Crippen LogP contribution in [0.5, 0.6) is 0 Å². The molecule has 3 aromatic rings. The summed E-state index contributed by atoms with van der Waals surface area (Å²) in [6.45, 7) is 8.09. The van der Waals surface area contributed by atoms with Gasteiger partial charge in [0.2, 0.25) is 5.91 Å². The number of alkyl halides is 1. The smallest absolute Gasteiger partial charge is 0.227 e. The molecular formula is C23H27ClN4OS. The molecule has 30 heavy (non-hydrogen) atoms. The van der Waals surface area contributed by atoms with E-state index in [1.807, 2.05) is 42.7 Å². The lowest BCUT2D eigenvalue weighted by Gasteiger charge is -2.20. The lowest BCUT2D eigenvalue weighted by molar-refractivity contribution is -0.128. The molecule has 0 atom stereocenters. The zero-order valence-electron chi connectivity index (χ0n) is 17.8. The minimum atomic E-state index is -0.640. The van der Waals surface area contributed by atoms with E-state index in [-0.39, 0.29) is 18.3 Å². The van der Waals surface area contributed by atoms with E-state index in [9.17, 15) is 4.79 Å². The van der Waals surface area contributed by atoms with Gasteiger partial charge in [0.1, 0.15) is 0 Å². The monoisotopic (exact) mass is 442 g/mol. The maximum absolute atomic E-state index is 12.5. The Bertz CT molecular complexity index is 1010. The number of thioether (sulfide) groups is 1. The number of nitrogens with zero attached hydrogens (tertiary/aromatic N) is 3. The van der Waals surface area contributed by atoms with E-state index < -0.39 is 5.41 Å². The van der Waals surface area contributed by atoms with Crippen LogP contribution in [0, 0.1) is 19.3 Å². The van der Waals surface area contributed by atoms with E-state index in [1.165, 1.54) is 16.7 Å². The van der Waals surface area contributed by atoms with E-state index in [1.54, 1.807) is 11.8 Å². The average molecular weight is 443 g/mol. The van der Waals surface area contributed by atoms with Gasteiger partial charge in [-0.25, -0.2) is 0 Å². The molecule has 0 unspecified atom stereocenters. The van der Waals surface area contributed by atoms with Crippen molar-refractivity contribution in [2.24, 2.45) is 5.41 Å². The van der Waals surface area contributed by atoms with Crippen molar-refractivity contribution in [3.8, 4) is 5.69 Å². The van der Waals surface area contributed by atoms with Crippen molar-refractivity contribution < 1.29 is 4.79 Å². The third kappa shape index (κ3) is 5.24. The van der Waals surface area contributed by atoms with Gasteiger partial charge < -0.3 is 5.32 Å². The maximum atomic E-state index is 12.5. The van der Waals surface area contributed by atoms with Crippen LogP contribution in [0.2, 0.25) is 0 Å². The van der Waals surface area contributed by atoms with Crippen molar-refractivity contribution in [2.75, 3.05) is 5.88 Å². The van der Waals surface area contributed by atoms with Crippen LogP contribution in [0.1, 0.15) is 36.4 Å². The summed E-state index contributed by atoms with van der Waals surface area (Å²) in [5.41, 5.74) is 4.03. The molecule has 7 heteroatoms. The first-order valence-corrected chi connectivity index (χ1v) is 11.4. The molecule has 0 aliphatic heterocycles. The second-order valence-electron chi connectivity index (χ2n) is 7.99. The van der Waals surface area contributed by atoms with Gasteiger partial charge in [-0.3, -0.25) is 9.36 Å². The van der Waals surface area contributed by atoms with Crippen LogP contribution in [0.4, 0.5) is 0 Å².